The number of carbonyl (C=O) groups excluding carboxylic acids is 1. The quantitative estimate of drug-likeness (QED) is 0.546. The Morgan fingerprint density at radius 3 is 2.32 bits per heavy atom. The van der Waals surface area contributed by atoms with Crippen molar-refractivity contribution < 1.29 is 18.0 Å². The zero-order valence-electron chi connectivity index (χ0n) is 19.6. The Balaban J connectivity index is 1.97. The molecule has 0 fully saturated rings. The van der Waals surface area contributed by atoms with E-state index in [1.54, 1.807) is 36.2 Å². The lowest BCUT2D eigenvalue weighted by atomic mass is 10.1. The number of aromatic nitrogens is 2. The predicted octanol–water partition coefficient (Wildman–Crippen LogP) is 4.50. The van der Waals surface area contributed by atoms with Crippen molar-refractivity contribution in [3.63, 3.8) is 0 Å². The van der Waals surface area contributed by atoms with E-state index in [9.17, 15) is 22.8 Å². The first-order valence-corrected chi connectivity index (χ1v) is 10.9. The molecule has 1 heterocycles. The van der Waals surface area contributed by atoms with Crippen LogP contribution in [0.1, 0.15) is 30.8 Å². The van der Waals surface area contributed by atoms with Gasteiger partial charge in [0, 0.05) is 25.8 Å². The third-order valence-corrected chi connectivity index (χ3v) is 5.59. The summed E-state index contributed by atoms with van der Waals surface area (Å²) in [6.07, 6.45) is -3.98. The van der Waals surface area contributed by atoms with Crippen LogP contribution in [-0.2, 0) is 13.2 Å². The molecule has 0 spiro atoms. The molecule has 7 nitrogen and oxygen atoms in total. The predicted molar refractivity (Wildman–Crippen MR) is 126 cm³/mol. The van der Waals surface area contributed by atoms with Gasteiger partial charge in [-0.3, -0.25) is 9.36 Å². The van der Waals surface area contributed by atoms with E-state index in [0.29, 0.717) is 36.2 Å². The van der Waals surface area contributed by atoms with Crippen molar-refractivity contribution in [1.29, 1.82) is 0 Å². The van der Waals surface area contributed by atoms with Gasteiger partial charge in [-0.05, 0) is 56.9 Å². The molecule has 0 aliphatic heterocycles. The van der Waals surface area contributed by atoms with E-state index >= 15 is 0 Å². The zero-order valence-corrected chi connectivity index (χ0v) is 19.6. The number of fused-ring (bicyclic) bond motifs is 1. The van der Waals surface area contributed by atoms with E-state index in [1.807, 2.05) is 25.9 Å². The maximum atomic E-state index is 13.3. The molecule has 182 valence electrons. The molecule has 3 aromatic rings. The molecule has 1 unspecified atom stereocenters. The minimum atomic E-state index is -4.46. The number of benzene rings is 2. The van der Waals surface area contributed by atoms with E-state index in [1.165, 1.54) is 16.7 Å². The number of likely N-dealkylation sites (N-methyl/N-ethyl adjacent to an activating group) is 1. The van der Waals surface area contributed by atoms with Crippen molar-refractivity contribution in [1.82, 2.24) is 19.4 Å². The van der Waals surface area contributed by atoms with E-state index < -0.39 is 23.8 Å². The Morgan fingerprint density at radius 2 is 1.74 bits per heavy atom. The molecule has 0 saturated carbocycles. The van der Waals surface area contributed by atoms with Gasteiger partial charge in [0.15, 0.2) is 0 Å². The van der Waals surface area contributed by atoms with E-state index in [-0.39, 0.29) is 11.2 Å². The SMILES string of the molecule is CCC(c1nc2ccccc2c(=O)n1C)N(CCN(C)C)C(=O)Nc1ccc(C(F)(F)F)cc1. The summed E-state index contributed by atoms with van der Waals surface area (Å²) in [4.78, 5) is 34.4. The van der Waals surface area contributed by atoms with Crippen molar-refractivity contribution in [3.8, 4) is 0 Å². The lowest BCUT2D eigenvalue weighted by Gasteiger charge is -2.32. The van der Waals surface area contributed by atoms with Crippen molar-refractivity contribution in [2.45, 2.75) is 25.6 Å². The molecule has 1 N–H and O–H groups in total. The van der Waals surface area contributed by atoms with Crippen LogP contribution >= 0.6 is 0 Å². The molecule has 3 rings (SSSR count). The standard InChI is InChI=1S/C24H28F3N5O2/c1-5-20(21-29-19-9-7-6-8-18(19)22(33)31(21)4)32(15-14-30(2)3)23(34)28-17-12-10-16(11-13-17)24(25,26)27/h6-13,20H,5,14-15H2,1-4H3,(H,28,34). The van der Waals surface area contributed by atoms with Gasteiger partial charge in [-0.1, -0.05) is 19.1 Å². The largest absolute Gasteiger partial charge is 0.416 e. The van der Waals surface area contributed by atoms with Crippen molar-refractivity contribution in [2.24, 2.45) is 7.05 Å². The Bertz CT molecular complexity index is 1210. The van der Waals surface area contributed by atoms with E-state index in [2.05, 4.69) is 10.3 Å². The number of hydrogen-bond donors (Lipinski definition) is 1. The number of para-hydroxylation sites is 1. The van der Waals surface area contributed by atoms with Crippen molar-refractivity contribution in [2.75, 3.05) is 32.5 Å². The van der Waals surface area contributed by atoms with E-state index in [0.717, 1.165) is 12.1 Å². The summed E-state index contributed by atoms with van der Waals surface area (Å²) in [7, 11) is 5.37. The minimum Gasteiger partial charge on any atom is -0.313 e. The van der Waals surface area contributed by atoms with Gasteiger partial charge in [-0.25, -0.2) is 9.78 Å². The molecule has 2 aromatic carbocycles. The summed E-state index contributed by atoms with van der Waals surface area (Å²) >= 11 is 0. The highest BCUT2D eigenvalue weighted by atomic mass is 19.4. The lowest BCUT2D eigenvalue weighted by molar-refractivity contribution is -0.137. The molecule has 0 aliphatic rings. The molecule has 1 atom stereocenters. The number of halogens is 3. The summed E-state index contributed by atoms with van der Waals surface area (Å²) in [6.45, 7) is 2.75. The molecule has 1 aromatic heterocycles. The molecule has 0 bridgehead atoms. The fraction of sp³-hybridized carbons (Fsp3) is 0.375. The summed E-state index contributed by atoms with van der Waals surface area (Å²) in [5, 5.41) is 3.17. The van der Waals surface area contributed by atoms with Crippen LogP contribution in [0.25, 0.3) is 10.9 Å². The molecular weight excluding hydrogens is 447 g/mol. The lowest BCUT2D eigenvalue weighted by Crippen LogP contribution is -2.43. The fourth-order valence-electron chi connectivity index (χ4n) is 3.72. The topological polar surface area (TPSA) is 70.5 Å². The van der Waals surface area contributed by atoms with E-state index in [4.69, 9.17) is 0 Å². The number of nitrogens with one attached hydrogen (secondary N) is 1. The highest BCUT2D eigenvalue weighted by Gasteiger charge is 2.31. The molecule has 10 heteroatoms. The number of nitrogens with zero attached hydrogens (tertiary/aromatic N) is 4. The minimum absolute atomic E-state index is 0.213. The number of rotatable bonds is 7. The van der Waals surface area contributed by atoms with Crippen molar-refractivity contribution >= 4 is 22.6 Å². The molecule has 2 amide bonds. The average Bonchev–Trinajstić information content (AvgIpc) is 2.79. The molecule has 0 aliphatic carbocycles. The van der Waals surface area contributed by atoms with Gasteiger partial charge >= 0.3 is 12.2 Å². The normalized spacial score (nSPS) is 12.7. The van der Waals surface area contributed by atoms with Crippen molar-refractivity contribution in [3.05, 3.63) is 70.3 Å². The van der Waals surface area contributed by atoms with Gasteiger partial charge < -0.3 is 15.1 Å². The van der Waals surface area contributed by atoms with Gasteiger partial charge in [0.05, 0.1) is 22.5 Å². The zero-order chi connectivity index (χ0) is 25.0. The number of amides is 2. The number of urea groups is 1. The fourth-order valence-corrected chi connectivity index (χ4v) is 3.72. The van der Waals surface area contributed by atoms with Gasteiger partial charge in [0.1, 0.15) is 5.82 Å². The Labute approximate surface area is 195 Å². The van der Waals surface area contributed by atoms with Crippen LogP contribution in [0.3, 0.4) is 0 Å². The molecule has 0 radical (unpaired) electrons. The molecule has 34 heavy (non-hydrogen) atoms. The van der Waals surface area contributed by atoms with Crippen LogP contribution in [0.2, 0.25) is 0 Å². The smallest absolute Gasteiger partial charge is 0.313 e. The summed E-state index contributed by atoms with van der Waals surface area (Å²) in [5.41, 5.74) is -0.232. The first-order chi connectivity index (χ1) is 16.0. The number of carbonyl (C=O) groups is 1. The second-order valence-corrected chi connectivity index (χ2v) is 8.28. The van der Waals surface area contributed by atoms with Crippen LogP contribution < -0.4 is 10.9 Å². The summed E-state index contributed by atoms with van der Waals surface area (Å²) < 4.78 is 40.1. The average molecular weight is 476 g/mol. The van der Waals surface area contributed by atoms with Crippen LogP contribution in [0, 0.1) is 0 Å². The summed E-state index contributed by atoms with van der Waals surface area (Å²) in [6, 6.07) is 10.3. The highest BCUT2D eigenvalue weighted by molar-refractivity contribution is 5.89. The second-order valence-electron chi connectivity index (χ2n) is 8.28. The van der Waals surface area contributed by atoms with Crippen LogP contribution in [0.4, 0.5) is 23.7 Å². The van der Waals surface area contributed by atoms with Gasteiger partial charge in [0.25, 0.3) is 5.56 Å². The number of anilines is 1. The summed E-state index contributed by atoms with van der Waals surface area (Å²) in [5.74, 6) is 0.438. The Morgan fingerprint density at radius 1 is 1.09 bits per heavy atom. The first-order valence-electron chi connectivity index (χ1n) is 10.9. The maximum absolute atomic E-state index is 13.3. The Hall–Kier alpha value is -3.40. The van der Waals surface area contributed by atoms with Gasteiger partial charge in [-0.2, -0.15) is 13.2 Å². The van der Waals surface area contributed by atoms with Crippen LogP contribution in [0.5, 0.6) is 0 Å². The Kier molecular flexibility index (Phi) is 7.61. The second kappa shape index (κ2) is 10.3. The number of alkyl halides is 3. The van der Waals surface area contributed by atoms with Crippen LogP contribution in [0.15, 0.2) is 53.3 Å². The van der Waals surface area contributed by atoms with Gasteiger partial charge in [-0.15, -0.1) is 0 Å². The highest BCUT2D eigenvalue weighted by Crippen LogP contribution is 2.30. The molecular formula is C24H28F3N5O2. The van der Waals surface area contributed by atoms with Gasteiger partial charge in [0.2, 0.25) is 0 Å². The number of hydrogen-bond acceptors (Lipinski definition) is 4. The van der Waals surface area contributed by atoms with Crippen LogP contribution in [-0.4, -0.2) is 52.6 Å². The third-order valence-electron chi connectivity index (χ3n) is 5.59. The third kappa shape index (κ3) is 5.56. The monoisotopic (exact) mass is 475 g/mol. The molecule has 0 saturated heterocycles. The maximum Gasteiger partial charge on any atom is 0.416 e. The first kappa shape index (κ1) is 25.2.